The molecule has 0 N–H and O–H groups in total. The topological polar surface area (TPSA) is 26.3 Å². The van der Waals surface area contributed by atoms with Crippen LogP contribution in [0.1, 0.15) is 16.8 Å². The van der Waals surface area contributed by atoms with Crippen LogP contribution in [-0.4, -0.2) is 5.97 Å². The molecule has 0 heterocycles. The van der Waals surface area contributed by atoms with Crippen molar-refractivity contribution in [2.45, 2.75) is 6.42 Å². The van der Waals surface area contributed by atoms with Gasteiger partial charge in [0.1, 0.15) is 0 Å². The second-order valence-corrected chi connectivity index (χ2v) is 2.43. The summed E-state index contributed by atoms with van der Waals surface area (Å²) in [7, 11) is 0. The maximum Gasteiger partial charge on any atom is 0.342 e. The lowest BCUT2D eigenvalue weighted by Gasteiger charge is -1.97. The van der Waals surface area contributed by atoms with Crippen LogP contribution in [0.15, 0.2) is 42.7 Å². The number of carbonyl (C=O) groups excluding carboxylic acids is 1. The van der Waals surface area contributed by atoms with Gasteiger partial charge in [0, 0.05) is 0 Å². The Morgan fingerprint density at radius 2 is 2.08 bits per heavy atom. The quantitative estimate of drug-likeness (QED) is 0.521. The van der Waals surface area contributed by atoms with E-state index in [2.05, 4.69) is 6.92 Å². The Morgan fingerprint density at radius 3 is 2.69 bits per heavy atom. The molecule has 1 rings (SSSR count). The molecule has 0 aromatic heterocycles. The molecule has 0 aliphatic rings. The molecular weight excluding hydrogens is 164 g/mol. The zero-order valence-electron chi connectivity index (χ0n) is 7.27. The first-order valence-corrected chi connectivity index (χ1v) is 4.05. The van der Waals surface area contributed by atoms with E-state index in [1.165, 1.54) is 6.26 Å². The predicted octanol–water partition coefficient (Wildman–Crippen LogP) is 2.58. The largest absolute Gasteiger partial charge is 0.431 e. The maximum atomic E-state index is 11.2. The third-order valence-electron chi connectivity index (χ3n) is 1.45. The highest BCUT2D eigenvalue weighted by Crippen LogP contribution is 2.01. The third kappa shape index (κ3) is 3.11. The first-order valence-electron chi connectivity index (χ1n) is 4.05. The fraction of sp³-hybridized carbons (Fsp3) is 0.0909. The van der Waals surface area contributed by atoms with Crippen molar-refractivity contribution in [3.05, 3.63) is 55.2 Å². The monoisotopic (exact) mass is 175 g/mol. The van der Waals surface area contributed by atoms with E-state index in [-0.39, 0.29) is 5.97 Å². The molecule has 13 heavy (non-hydrogen) atoms. The van der Waals surface area contributed by atoms with E-state index >= 15 is 0 Å². The van der Waals surface area contributed by atoms with Gasteiger partial charge in [0.05, 0.1) is 11.8 Å². The van der Waals surface area contributed by atoms with Gasteiger partial charge in [0.2, 0.25) is 0 Å². The van der Waals surface area contributed by atoms with Gasteiger partial charge >= 0.3 is 5.97 Å². The molecule has 1 radical (unpaired) electrons. The van der Waals surface area contributed by atoms with Gasteiger partial charge in [0.15, 0.2) is 0 Å². The zero-order chi connectivity index (χ0) is 9.52. The van der Waals surface area contributed by atoms with Crippen LogP contribution in [0.2, 0.25) is 0 Å². The normalized spacial score (nSPS) is 10.2. The number of hydrogen-bond acceptors (Lipinski definition) is 2. The van der Waals surface area contributed by atoms with Crippen molar-refractivity contribution in [3.8, 4) is 0 Å². The minimum absolute atomic E-state index is 0.342. The first-order chi connectivity index (χ1) is 6.34. The molecule has 2 nitrogen and oxygen atoms in total. The number of ether oxygens (including phenoxy) is 1. The lowest BCUT2D eigenvalue weighted by atomic mass is 10.2. The predicted molar refractivity (Wildman–Crippen MR) is 51.0 cm³/mol. The lowest BCUT2D eigenvalue weighted by Crippen LogP contribution is -1.99. The van der Waals surface area contributed by atoms with E-state index < -0.39 is 0 Å². The standard InChI is InChI=1S/C11H11O2/c1-2-3-9-13-11(12)10-7-5-4-6-8-10/h3-9H,1-2H2. The maximum absolute atomic E-state index is 11.2. The van der Waals surface area contributed by atoms with Gasteiger partial charge in [-0.3, -0.25) is 0 Å². The molecule has 0 atom stereocenters. The van der Waals surface area contributed by atoms with Gasteiger partial charge in [-0.25, -0.2) is 4.79 Å². The highest BCUT2D eigenvalue weighted by Gasteiger charge is 2.02. The van der Waals surface area contributed by atoms with Crippen molar-refractivity contribution in [2.75, 3.05) is 0 Å². The van der Waals surface area contributed by atoms with Crippen molar-refractivity contribution in [2.24, 2.45) is 0 Å². The van der Waals surface area contributed by atoms with E-state index in [1.54, 1.807) is 30.3 Å². The molecule has 1 aromatic rings. The molecular formula is C11H11O2. The van der Waals surface area contributed by atoms with Gasteiger partial charge in [-0.05, 0) is 31.6 Å². The van der Waals surface area contributed by atoms with Crippen molar-refractivity contribution < 1.29 is 9.53 Å². The number of rotatable bonds is 3. The van der Waals surface area contributed by atoms with Crippen LogP contribution < -0.4 is 0 Å². The molecule has 67 valence electrons. The minimum atomic E-state index is -0.342. The van der Waals surface area contributed by atoms with Crippen molar-refractivity contribution >= 4 is 5.97 Å². The molecule has 1 aromatic carbocycles. The van der Waals surface area contributed by atoms with Crippen molar-refractivity contribution in [3.63, 3.8) is 0 Å². The average Bonchev–Trinajstić information content (AvgIpc) is 2.19. The molecule has 0 unspecified atom stereocenters. The second-order valence-electron chi connectivity index (χ2n) is 2.43. The summed E-state index contributed by atoms with van der Waals surface area (Å²) in [4.78, 5) is 11.2. The smallest absolute Gasteiger partial charge is 0.342 e. The van der Waals surface area contributed by atoms with Crippen LogP contribution in [0.5, 0.6) is 0 Å². The fourth-order valence-electron chi connectivity index (χ4n) is 0.820. The molecule has 0 saturated carbocycles. The molecule has 0 amide bonds. The molecule has 0 spiro atoms. The highest BCUT2D eigenvalue weighted by molar-refractivity contribution is 5.89. The number of esters is 1. The Balaban J connectivity index is 2.54. The summed E-state index contributed by atoms with van der Waals surface area (Å²) in [6, 6.07) is 8.85. The highest BCUT2D eigenvalue weighted by atomic mass is 16.5. The SMILES string of the molecule is [CH2]CC=COC(=O)c1ccccc1. The summed E-state index contributed by atoms with van der Waals surface area (Å²) in [5.74, 6) is -0.342. The Morgan fingerprint density at radius 1 is 1.38 bits per heavy atom. The van der Waals surface area contributed by atoms with Crippen LogP contribution in [0, 0.1) is 6.92 Å². The van der Waals surface area contributed by atoms with E-state index in [9.17, 15) is 4.79 Å². The summed E-state index contributed by atoms with van der Waals surface area (Å²) >= 11 is 0. The summed E-state index contributed by atoms with van der Waals surface area (Å²) in [5, 5.41) is 0. The molecule has 0 bridgehead atoms. The lowest BCUT2D eigenvalue weighted by molar-refractivity contribution is 0.0662. The second kappa shape index (κ2) is 5.14. The van der Waals surface area contributed by atoms with Gasteiger partial charge < -0.3 is 4.74 Å². The van der Waals surface area contributed by atoms with Crippen LogP contribution in [0.3, 0.4) is 0 Å². The fourth-order valence-corrected chi connectivity index (χ4v) is 0.820. The number of allylic oxidation sites excluding steroid dienone is 1. The summed E-state index contributed by atoms with van der Waals surface area (Å²) in [5.41, 5.74) is 0.552. The van der Waals surface area contributed by atoms with Gasteiger partial charge in [-0.2, -0.15) is 0 Å². The van der Waals surface area contributed by atoms with E-state index in [1.807, 2.05) is 6.07 Å². The van der Waals surface area contributed by atoms with Crippen LogP contribution in [0.4, 0.5) is 0 Å². The Bertz CT molecular complexity index is 288. The molecule has 0 saturated heterocycles. The summed E-state index contributed by atoms with van der Waals surface area (Å²) < 4.78 is 4.81. The minimum Gasteiger partial charge on any atom is -0.431 e. The Labute approximate surface area is 77.8 Å². The number of hydrogen-bond donors (Lipinski definition) is 0. The van der Waals surface area contributed by atoms with Crippen molar-refractivity contribution in [1.29, 1.82) is 0 Å². The number of carbonyl (C=O) groups is 1. The van der Waals surface area contributed by atoms with Gasteiger partial charge in [-0.1, -0.05) is 18.2 Å². The van der Waals surface area contributed by atoms with Crippen LogP contribution >= 0.6 is 0 Å². The third-order valence-corrected chi connectivity index (χ3v) is 1.45. The molecule has 0 aliphatic heterocycles. The van der Waals surface area contributed by atoms with Crippen LogP contribution in [0.25, 0.3) is 0 Å². The Kier molecular flexibility index (Phi) is 3.76. The van der Waals surface area contributed by atoms with Gasteiger partial charge in [-0.15, -0.1) is 0 Å². The molecule has 0 aliphatic carbocycles. The average molecular weight is 175 g/mol. The molecule has 0 fully saturated rings. The van der Waals surface area contributed by atoms with Crippen LogP contribution in [-0.2, 0) is 4.74 Å². The van der Waals surface area contributed by atoms with E-state index in [0.717, 1.165) is 0 Å². The van der Waals surface area contributed by atoms with E-state index in [0.29, 0.717) is 12.0 Å². The summed E-state index contributed by atoms with van der Waals surface area (Å²) in [6.07, 6.45) is 3.66. The molecule has 2 heteroatoms. The van der Waals surface area contributed by atoms with Gasteiger partial charge in [0.25, 0.3) is 0 Å². The number of benzene rings is 1. The van der Waals surface area contributed by atoms with E-state index in [4.69, 9.17) is 4.74 Å². The zero-order valence-corrected chi connectivity index (χ0v) is 7.27. The van der Waals surface area contributed by atoms with Crippen molar-refractivity contribution in [1.82, 2.24) is 0 Å². The summed E-state index contributed by atoms with van der Waals surface area (Å²) in [6.45, 7) is 3.58. The Hall–Kier alpha value is -1.57. The first kappa shape index (κ1) is 9.52.